The van der Waals surface area contributed by atoms with E-state index in [0.29, 0.717) is 6.61 Å². The molecule has 34 heavy (non-hydrogen) atoms. The Morgan fingerprint density at radius 1 is 1.21 bits per heavy atom. The minimum atomic E-state index is 0.0799. The molecule has 2 heterocycles. The fourth-order valence-corrected chi connectivity index (χ4v) is 6.21. The van der Waals surface area contributed by atoms with Crippen LogP contribution in [0.25, 0.3) is 10.1 Å². The van der Waals surface area contributed by atoms with E-state index in [4.69, 9.17) is 4.74 Å². The maximum atomic E-state index is 6.19. The summed E-state index contributed by atoms with van der Waals surface area (Å²) in [5.74, 6) is 8.94. The van der Waals surface area contributed by atoms with E-state index in [0.717, 1.165) is 29.5 Å². The highest BCUT2D eigenvalue weighted by Crippen LogP contribution is 2.41. The quantitative estimate of drug-likeness (QED) is 0.401. The summed E-state index contributed by atoms with van der Waals surface area (Å²) < 4.78 is 7.63. The van der Waals surface area contributed by atoms with Crippen molar-refractivity contribution in [3.05, 3.63) is 64.0 Å². The number of hydrogen-bond donors (Lipinski definition) is 2. The van der Waals surface area contributed by atoms with Crippen LogP contribution in [-0.2, 0) is 6.61 Å². The Morgan fingerprint density at radius 2 is 2.00 bits per heavy atom. The Labute approximate surface area is 206 Å². The summed E-state index contributed by atoms with van der Waals surface area (Å²) in [7, 11) is 1.86. The Kier molecular flexibility index (Phi) is 6.75. The average molecular weight is 473 g/mol. The molecule has 0 amide bonds. The van der Waals surface area contributed by atoms with Crippen LogP contribution in [0.4, 0.5) is 0 Å². The summed E-state index contributed by atoms with van der Waals surface area (Å²) in [5.41, 5.74) is 11.3. The average Bonchev–Trinajstić information content (AvgIpc) is 3.59. The Balaban J connectivity index is 1.28. The molecule has 1 atom stereocenters. The first-order valence-corrected chi connectivity index (χ1v) is 13.0. The highest BCUT2D eigenvalue weighted by atomic mass is 32.1. The zero-order chi connectivity index (χ0) is 23.5. The Hall–Kier alpha value is -3.01. The second-order valence-corrected chi connectivity index (χ2v) is 10.2. The zero-order valence-electron chi connectivity index (χ0n) is 20.1. The van der Waals surface area contributed by atoms with Gasteiger partial charge in [-0.3, -0.25) is 5.43 Å². The number of nitrogens with zero attached hydrogens (tertiary/aromatic N) is 2. The maximum Gasteiger partial charge on any atom is 0.141 e. The van der Waals surface area contributed by atoms with Gasteiger partial charge in [0.25, 0.3) is 0 Å². The minimum Gasteiger partial charge on any atom is -0.489 e. The van der Waals surface area contributed by atoms with E-state index in [-0.39, 0.29) is 5.92 Å². The summed E-state index contributed by atoms with van der Waals surface area (Å²) in [5, 5.41) is 9.91. The number of nitrogens with one attached hydrogen (secondary N) is 2. The first-order chi connectivity index (χ1) is 16.6. The lowest BCUT2D eigenvalue weighted by Crippen LogP contribution is -2.36. The van der Waals surface area contributed by atoms with Crippen LogP contribution in [0.5, 0.6) is 5.75 Å². The molecule has 0 unspecified atom stereocenters. The van der Waals surface area contributed by atoms with E-state index in [2.05, 4.69) is 64.5 Å². The van der Waals surface area contributed by atoms with Gasteiger partial charge in [-0.15, -0.1) is 27.9 Å². The monoisotopic (exact) mass is 472 g/mol. The highest BCUT2D eigenvalue weighted by Gasteiger charge is 2.21. The predicted molar refractivity (Wildman–Crippen MR) is 141 cm³/mol. The molecule has 2 N–H and O–H groups in total. The normalized spacial score (nSPS) is 16.8. The molecule has 3 aromatic rings. The van der Waals surface area contributed by atoms with Gasteiger partial charge < -0.3 is 4.74 Å². The van der Waals surface area contributed by atoms with Crippen molar-refractivity contribution >= 4 is 27.3 Å². The molecule has 0 saturated heterocycles. The molecule has 1 aliphatic heterocycles. The molecule has 1 aromatic heterocycles. The number of ether oxygens (including phenoxy) is 1. The van der Waals surface area contributed by atoms with Crippen LogP contribution in [0.15, 0.2) is 46.9 Å². The number of amidine groups is 1. The molecule has 1 fully saturated rings. The molecule has 5 nitrogen and oxygen atoms in total. The van der Waals surface area contributed by atoms with Gasteiger partial charge in [-0.05, 0) is 83.8 Å². The molecule has 176 valence electrons. The van der Waals surface area contributed by atoms with Crippen LogP contribution < -0.4 is 15.7 Å². The second kappa shape index (κ2) is 10.1. The molecule has 1 saturated carbocycles. The molecule has 2 aliphatic rings. The first kappa shape index (κ1) is 22.8. The molecule has 6 heteroatoms. The van der Waals surface area contributed by atoms with Crippen molar-refractivity contribution < 1.29 is 4.74 Å². The number of benzene rings is 2. The van der Waals surface area contributed by atoms with Gasteiger partial charge in [0.15, 0.2) is 0 Å². The van der Waals surface area contributed by atoms with Crippen molar-refractivity contribution in [1.82, 2.24) is 16.1 Å². The van der Waals surface area contributed by atoms with E-state index >= 15 is 0 Å². The SMILES string of the molecule is CC#C[C@@H](CC1=NN(C)NN1)c1ccc(OCc2cc(C)c3scc(C4CCCC4)c3c2)cc1. The molecular formula is C28H32N4OS. The van der Waals surface area contributed by atoms with Crippen LogP contribution in [0.3, 0.4) is 0 Å². The second-order valence-electron chi connectivity index (χ2n) is 9.28. The Bertz CT molecular complexity index is 1250. The van der Waals surface area contributed by atoms with E-state index in [1.54, 1.807) is 10.7 Å². The van der Waals surface area contributed by atoms with Gasteiger partial charge >= 0.3 is 0 Å². The van der Waals surface area contributed by atoms with Gasteiger partial charge in [0.1, 0.15) is 18.2 Å². The number of aryl methyl sites for hydroxylation is 1. The number of hydrazine groups is 2. The standard InChI is InChI=1S/C28H32N4OS/c1-4-7-23(16-27-29-31-32(3)30-27)21-10-12-24(13-11-21)33-17-20-14-19(2)28-25(15-20)26(18-34-28)22-8-5-6-9-22/h10-15,18,22-23,31H,5-6,8-9,16-17H2,1-3H3,(H,29,30)/t23-/m0/s1. The van der Waals surface area contributed by atoms with Crippen LogP contribution in [0, 0.1) is 18.8 Å². The van der Waals surface area contributed by atoms with Crippen LogP contribution in [-0.4, -0.2) is 18.0 Å². The van der Waals surface area contributed by atoms with Gasteiger partial charge in [0.05, 0.1) is 5.92 Å². The molecule has 5 rings (SSSR count). The van der Waals surface area contributed by atoms with Gasteiger partial charge in [0, 0.05) is 18.2 Å². The topological polar surface area (TPSA) is 48.9 Å². The smallest absolute Gasteiger partial charge is 0.141 e. The van der Waals surface area contributed by atoms with Crippen molar-refractivity contribution in [3.63, 3.8) is 0 Å². The fourth-order valence-electron chi connectivity index (χ4n) is 5.09. The van der Waals surface area contributed by atoms with Crippen LogP contribution in [0.1, 0.15) is 73.1 Å². The summed E-state index contributed by atoms with van der Waals surface area (Å²) >= 11 is 1.90. The molecule has 0 bridgehead atoms. The third-order valence-corrected chi connectivity index (χ3v) is 7.93. The van der Waals surface area contributed by atoms with Crippen molar-refractivity contribution in [3.8, 4) is 17.6 Å². The Morgan fingerprint density at radius 3 is 2.71 bits per heavy atom. The third-order valence-electron chi connectivity index (χ3n) is 6.78. The summed E-state index contributed by atoms with van der Waals surface area (Å²) in [6.07, 6.45) is 6.11. The number of thiophene rings is 1. The lowest BCUT2D eigenvalue weighted by Gasteiger charge is -2.13. The molecular weight excluding hydrogens is 440 g/mol. The number of hydrazone groups is 1. The molecule has 0 radical (unpaired) electrons. The van der Waals surface area contributed by atoms with Crippen LogP contribution in [0.2, 0.25) is 0 Å². The van der Waals surface area contributed by atoms with E-state index < -0.39 is 0 Å². The predicted octanol–water partition coefficient (Wildman–Crippen LogP) is 6.21. The van der Waals surface area contributed by atoms with E-state index in [1.165, 1.54) is 46.9 Å². The summed E-state index contributed by atoms with van der Waals surface area (Å²) in [6, 6.07) is 13.0. The minimum absolute atomic E-state index is 0.0799. The van der Waals surface area contributed by atoms with Crippen LogP contribution >= 0.6 is 11.3 Å². The van der Waals surface area contributed by atoms with Gasteiger partial charge in [-0.1, -0.05) is 37.0 Å². The summed E-state index contributed by atoms with van der Waals surface area (Å²) in [4.78, 5) is 0. The van der Waals surface area contributed by atoms with Gasteiger partial charge in [0.2, 0.25) is 0 Å². The highest BCUT2D eigenvalue weighted by molar-refractivity contribution is 7.17. The van der Waals surface area contributed by atoms with Gasteiger partial charge in [-0.2, -0.15) is 0 Å². The molecule has 1 aliphatic carbocycles. The summed E-state index contributed by atoms with van der Waals surface area (Å²) in [6.45, 7) is 4.68. The lowest BCUT2D eigenvalue weighted by atomic mass is 9.95. The molecule has 0 spiro atoms. The number of fused-ring (bicyclic) bond motifs is 1. The fraction of sp³-hybridized carbons (Fsp3) is 0.393. The first-order valence-electron chi connectivity index (χ1n) is 12.1. The number of hydrogen-bond acceptors (Lipinski definition) is 6. The molecule has 2 aromatic carbocycles. The van der Waals surface area contributed by atoms with Crippen molar-refractivity contribution in [2.24, 2.45) is 5.10 Å². The van der Waals surface area contributed by atoms with Crippen molar-refractivity contribution in [1.29, 1.82) is 0 Å². The largest absolute Gasteiger partial charge is 0.489 e. The van der Waals surface area contributed by atoms with Crippen molar-refractivity contribution in [2.75, 3.05) is 7.05 Å². The third kappa shape index (κ3) is 4.91. The van der Waals surface area contributed by atoms with E-state index in [1.807, 2.05) is 37.4 Å². The lowest BCUT2D eigenvalue weighted by molar-refractivity contribution is 0.259. The van der Waals surface area contributed by atoms with E-state index in [9.17, 15) is 0 Å². The number of rotatable bonds is 7. The van der Waals surface area contributed by atoms with Crippen molar-refractivity contribution in [2.45, 2.75) is 64.4 Å². The maximum absolute atomic E-state index is 6.19. The van der Waals surface area contributed by atoms with Gasteiger partial charge in [-0.25, -0.2) is 5.12 Å². The zero-order valence-corrected chi connectivity index (χ0v) is 21.0.